The van der Waals surface area contributed by atoms with Crippen LogP contribution in [0, 0.1) is 17.1 Å². The van der Waals surface area contributed by atoms with Crippen molar-refractivity contribution in [3.05, 3.63) is 53.8 Å². The van der Waals surface area contributed by atoms with E-state index in [4.69, 9.17) is 10.00 Å². The van der Waals surface area contributed by atoms with Crippen LogP contribution in [0.2, 0.25) is 0 Å². The molecule has 2 nitrogen and oxygen atoms in total. The Balaban J connectivity index is 2.36. The van der Waals surface area contributed by atoms with Crippen LogP contribution in [0.4, 0.5) is 4.39 Å². The molecule has 0 aliphatic heterocycles. The van der Waals surface area contributed by atoms with E-state index >= 15 is 0 Å². The standard InChI is InChI=1S/C14H10FNOS/c1-17-12-6-5-10(9-16)14(8-12)18-13-4-2-3-11(15)7-13/h2-8H,1H3. The van der Waals surface area contributed by atoms with Crippen LogP contribution in [0.3, 0.4) is 0 Å². The van der Waals surface area contributed by atoms with Gasteiger partial charge in [0.15, 0.2) is 0 Å². The van der Waals surface area contributed by atoms with Crippen molar-refractivity contribution in [1.29, 1.82) is 5.26 Å². The lowest BCUT2D eigenvalue weighted by atomic mass is 10.2. The van der Waals surface area contributed by atoms with Crippen molar-refractivity contribution in [2.24, 2.45) is 0 Å². The van der Waals surface area contributed by atoms with Gasteiger partial charge in [-0.1, -0.05) is 17.8 Å². The number of hydrogen-bond donors (Lipinski definition) is 0. The molecule has 0 radical (unpaired) electrons. The maximum absolute atomic E-state index is 13.1. The van der Waals surface area contributed by atoms with Gasteiger partial charge in [0.05, 0.1) is 12.7 Å². The highest BCUT2D eigenvalue weighted by Gasteiger charge is 2.06. The third-order valence-electron chi connectivity index (χ3n) is 2.33. The summed E-state index contributed by atoms with van der Waals surface area (Å²) >= 11 is 1.34. The van der Waals surface area contributed by atoms with Crippen LogP contribution in [-0.2, 0) is 0 Å². The summed E-state index contributed by atoms with van der Waals surface area (Å²) in [6, 6.07) is 13.6. The Kier molecular flexibility index (Phi) is 3.85. The van der Waals surface area contributed by atoms with Gasteiger partial charge in [0, 0.05) is 9.79 Å². The molecule has 0 saturated heterocycles. The molecular formula is C14H10FNOS. The minimum atomic E-state index is -0.290. The molecule has 0 unspecified atom stereocenters. The topological polar surface area (TPSA) is 33.0 Å². The van der Waals surface area contributed by atoms with Crippen molar-refractivity contribution in [2.75, 3.05) is 7.11 Å². The second kappa shape index (κ2) is 5.56. The number of benzene rings is 2. The molecule has 0 aliphatic rings. The summed E-state index contributed by atoms with van der Waals surface area (Å²) < 4.78 is 18.2. The number of halogens is 1. The third-order valence-corrected chi connectivity index (χ3v) is 3.38. The summed E-state index contributed by atoms with van der Waals surface area (Å²) in [5.41, 5.74) is 0.546. The summed E-state index contributed by atoms with van der Waals surface area (Å²) in [4.78, 5) is 1.50. The smallest absolute Gasteiger partial charge is 0.124 e. The minimum Gasteiger partial charge on any atom is -0.497 e. The molecule has 0 bridgehead atoms. The van der Waals surface area contributed by atoms with Crippen LogP contribution in [0.1, 0.15) is 5.56 Å². The molecule has 0 N–H and O–H groups in total. The van der Waals surface area contributed by atoms with Gasteiger partial charge in [-0.25, -0.2) is 4.39 Å². The SMILES string of the molecule is COc1ccc(C#N)c(Sc2cccc(F)c2)c1. The number of nitrogens with zero attached hydrogens (tertiary/aromatic N) is 1. The minimum absolute atomic E-state index is 0.290. The summed E-state index contributed by atoms with van der Waals surface area (Å²) in [7, 11) is 1.57. The van der Waals surface area contributed by atoms with Crippen LogP contribution in [0.5, 0.6) is 5.75 Å². The van der Waals surface area contributed by atoms with E-state index in [-0.39, 0.29) is 5.82 Å². The van der Waals surface area contributed by atoms with E-state index in [1.165, 1.54) is 23.9 Å². The number of nitriles is 1. The highest BCUT2D eigenvalue weighted by Crippen LogP contribution is 2.33. The fourth-order valence-corrected chi connectivity index (χ4v) is 2.43. The van der Waals surface area contributed by atoms with E-state index in [0.29, 0.717) is 11.3 Å². The molecule has 0 amide bonds. The van der Waals surface area contributed by atoms with Crippen LogP contribution >= 0.6 is 11.8 Å². The van der Waals surface area contributed by atoms with Crippen LogP contribution in [0.25, 0.3) is 0 Å². The predicted molar refractivity (Wildman–Crippen MR) is 68.2 cm³/mol. The van der Waals surface area contributed by atoms with Gasteiger partial charge in [0.2, 0.25) is 0 Å². The zero-order chi connectivity index (χ0) is 13.0. The van der Waals surface area contributed by atoms with Gasteiger partial charge in [-0.15, -0.1) is 0 Å². The van der Waals surface area contributed by atoms with E-state index in [0.717, 1.165) is 9.79 Å². The molecule has 0 aliphatic carbocycles. The summed E-state index contributed by atoms with van der Waals surface area (Å²) in [6.45, 7) is 0. The van der Waals surface area contributed by atoms with Crippen molar-refractivity contribution in [3.63, 3.8) is 0 Å². The van der Waals surface area contributed by atoms with E-state index in [1.807, 2.05) is 0 Å². The number of rotatable bonds is 3. The Morgan fingerprint density at radius 2 is 2.06 bits per heavy atom. The summed E-state index contributed by atoms with van der Waals surface area (Å²) in [5, 5.41) is 9.04. The number of ether oxygens (including phenoxy) is 1. The lowest BCUT2D eigenvalue weighted by molar-refractivity contribution is 0.413. The van der Waals surface area contributed by atoms with Crippen molar-refractivity contribution in [3.8, 4) is 11.8 Å². The zero-order valence-electron chi connectivity index (χ0n) is 9.68. The van der Waals surface area contributed by atoms with Gasteiger partial charge >= 0.3 is 0 Å². The zero-order valence-corrected chi connectivity index (χ0v) is 10.5. The van der Waals surface area contributed by atoms with Gasteiger partial charge in [-0.3, -0.25) is 0 Å². The molecule has 4 heteroatoms. The van der Waals surface area contributed by atoms with Crippen LogP contribution in [0.15, 0.2) is 52.3 Å². The molecule has 90 valence electrons. The van der Waals surface area contributed by atoms with E-state index < -0.39 is 0 Å². The second-order valence-electron chi connectivity index (χ2n) is 3.53. The fourth-order valence-electron chi connectivity index (χ4n) is 1.46. The number of hydrogen-bond acceptors (Lipinski definition) is 3. The molecule has 0 heterocycles. The Morgan fingerprint density at radius 1 is 1.22 bits per heavy atom. The lowest BCUT2D eigenvalue weighted by Gasteiger charge is -2.06. The van der Waals surface area contributed by atoms with E-state index in [1.54, 1.807) is 37.4 Å². The van der Waals surface area contributed by atoms with Gasteiger partial charge < -0.3 is 4.74 Å². The summed E-state index contributed by atoms with van der Waals surface area (Å²) in [5.74, 6) is 0.384. The number of methoxy groups -OCH3 is 1. The highest BCUT2D eigenvalue weighted by molar-refractivity contribution is 7.99. The molecule has 0 aromatic heterocycles. The van der Waals surface area contributed by atoms with E-state index in [9.17, 15) is 4.39 Å². The average molecular weight is 259 g/mol. The molecule has 0 spiro atoms. The molecule has 2 rings (SSSR count). The first kappa shape index (κ1) is 12.5. The van der Waals surface area contributed by atoms with Crippen LogP contribution in [-0.4, -0.2) is 7.11 Å². The van der Waals surface area contributed by atoms with Crippen molar-refractivity contribution >= 4 is 11.8 Å². The second-order valence-corrected chi connectivity index (χ2v) is 4.65. The summed E-state index contributed by atoms with van der Waals surface area (Å²) in [6.07, 6.45) is 0. The maximum atomic E-state index is 13.1. The normalized spacial score (nSPS) is 9.83. The maximum Gasteiger partial charge on any atom is 0.124 e. The largest absolute Gasteiger partial charge is 0.497 e. The van der Waals surface area contributed by atoms with Crippen molar-refractivity contribution in [2.45, 2.75) is 9.79 Å². The molecule has 0 saturated carbocycles. The van der Waals surface area contributed by atoms with Gasteiger partial charge in [0.1, 0.15) is 17.6 Å². The highest BCUT2D eigenvalue weighted by atomic mass is 32.2. The first-order valence-corrected chi connectivity index (χ1v) is 6.06. The third kappa shape index (κ3) is 2.82. The molecule has 18 heavy (non-hydrogen) atoms. The van der Waals surface area contributed by atoms with Crippen molar-refractivity contribution < 1.29 is 9.13 Å². The quantitative estimate of drug-likeness (QED) is 0.839. The molecule has 2 aromatic rings. The van der Waals surface area contributed by atoms with Gasteiger partial charge in [-0.05, 0) is 36.4 Å². The molecule has 0 fully saturated rings. The Bertz CT molecular complexity index is 607. The first-order valence-electron chi connectivity index (χ1n) is 5.24. The molecule has 2 aromatic carbocycles. The monoisotopic (exact) mass is 259 g/mol. The predicted octanol–water partition coefficient (Wildman–Crippen LogP) is 3.86. The Hall–Kier alpha value is -1.99. The van der Waals surface area contributed by atoms with Crippen molar-refractivity contribution in [1.82, 2.24) is 0 Å². The molecular weight excluding hydrogens is 249 g/mol. The Labute approximate surface area is 109 Å². The average Bonchev–Trinajstić information content (AvgIpc) is 2.38. The van der Waals surface area contributed by atoms with Crippen LogP contribution < -0.4 is 4.74 Å². The molecule has 0 atom stereocenters. The van der Waals surface area contributed by atoms with Gasteiger partial charge in [-0.2, -0.15) is 5.26 Å². The first-order chi connectivity index (χ1) is 8.72. The Morgan fingerprint density at radius 3 is 2.72 bits per heavy atom. The fraction of sp³-hybridized carbons (Fsp3) is 0.0714. The van der Waals surface area contributed by atoms with Gasteiger partial charge in [0.25, 0.3) is 0 Å². The lowest BCUT2D eigenvalue weighted by Crippen LogP contribution is -1.86. The van der Waals surface area contributed by atoms with E-state index in [2.05, 4.69) is 6.07 Å².